The highest BCUT2D eigenvalue weighted by Gasteiger charge is 2.08. The van der Waals surface area contributed by atoms with E-state index >= 15 is 0 Å². The number of fused-ring (bicyclic) bond motifs is 1. The van der Waals surface area contributed by atoms with Crippen LogP contribution in [0.5, 0.6) is 0 Å². The van der Waals surface area contributed by atoms with Crippen LogP contribution in [-0.4, -0.2) is 35.6 Å². The third-order valence-corrected chi connectivity index (χ3v) is 5.84. The summed E-state index contributed by atoms with van der Waals surface area (Å²) in [6, 6.07) is 8.49. The van der Waals surface area contributed by atoms with Crippen LogP contribution >= 0.6 is 35.3 Å². The van der Waals surface area contributed by atoms with Gasteiger partial charge in [0, 0.05) is 47.5 Å². The molecule has 3 aromatic rings. The van der Waals surface area contributed by atoms with Crippen LogP contribution in [0.15, 0.2) is 29.3 Å². The molecule has 0 aliphatic heterocycles. The molecule has 0 atom stereocenters. The number of hydrogen-bond donors (Lipinski definition) is 3. The van der Waals surface area contributed by atoms with E-state index in [2.05, 4.69) is 72.6 Å². The number of guanidine groups is 1. The number of rotatable bonds is 7. The van der Waals surface area contributed by atoms with E-state index in [9.17, 15) is 0 Å². The van der Waals surface area contributed by atoms with Gasteiger partial charge in [-0.05, 0) is 45.7 Å². The molecular formula is C21H30IN5S. The average Bonchev–Trinajstić information content (AvgIpc) is 3.13. The zero-order chi connectivity index (χ0) is 19.2. The van der Waals surface area contributed by atoms with Crippen LogP contribution in [0, 0.1) is 20.8 Å². The fourth-order valence-corrected chi connectivity index (χ4v) is 4.14. The van der Waals surface area contributed by atoms with Crippen molar-refractivity contribution >= 4 is 52.2 Å². The number of para-hydroxylation sites is 1. The zero-order valence-corrected chi connectivity index (χ0v) is 20.2. The lowest BCUT2D eigenvalue weighted by molar-refractivity contribution is 0.795. The maximum absolute atomic E-state index is 4.70. The van der Waals surface area contributed by atoms with E-state index in [4.69, 9.17) is 4.99 Å². The summed E-state index contributed by atoms with van der Waals surface area (Å²) in [7, 11) is 0. The predicted octanol–water partition coefficient (Wildman–Crippen LogP) is 4.51. The van der Waals surface area contributed by atoms with Crippen molar-refractivity contribution in [1.82, 2.24) is 20.6 Å². The second-order valence-electron chi connectivity index (χ2n) is 6.71. The van der Waals surface area contributed by atoms with Crippen molar-refractivity contribution in [1.29, 1.82) is 0 Å². The molecule has 152 valence electrons. The fourth-order valence-electron chi connectivity index (χ4n) is 3.21. The first kappa shape index (κ1) is 22.7. The van der Waals surface area contributed by atoms with Gasteiger partial charge in [-0.15, -0.1) is 35.3 Å². The topological polar surface area (TPSA) is 65.1 Å². The minimum absolute atomic E-state index is 0. The molecule has 2 heterocycles. The van der Waals surface area contributed by atoms with Crippen LogP contribution in [0.4, 0.5) is 0 Å². The molecule has 3 rings (SSSR count). The van der Waals surface area contributed by atoms with Gasteiger partial charge < -0.3 is 15.6 Å². The van der Waals surface area contributed by atoms with Crippen LogP contribution < -0.4 is 10.6 Å². The van der Waals surface area contributed by atoms with E-state index < -0.39 is 0 Å². The summed E-state index contributed by atoms with van der Waals surface area (Å²) < 4.78 is 0. The van der Waals surface area contributed by atoms with Gasteiger partial charge in [0.2, 0.25) is 0 Å². The summed E-state index contributed by atoms with van der Waals surface area (Å²) in [6.07, 6.45) is 1.85. The predicted molar refractivity (Wildman–Crippen MR) is 131 cm³/mol. The highest BCUT2D eigenvalue weighted by molar-refractivity contribution is 14.0. The summed E-state index contributed by atoms with van der Waals surface area (Å²) in [5.41, 5.74) is 4.97. The molecule has 0 unspecified atom stereocenters. The lowest BCUT2D eigenvalue weighted by atomic mass is 10.1. The molecular weight excluding hydrogens is 481 g/mol. The van der Waals surface area contributed by atoms with Crippen LogP contribution in [0.25, 0.3) is 10.9 Å². The third-order valence-electron chi connectivity index (χ3n) is 4.71. The molecule has 0 aliphatic carbocycles. The molecule has 28 heavy (non-hydrogen) atoms. The van der Waals surface area contributed by atoms with Gasteiger partial charge in [-0.1, -0.05) is 18.2 Å². The normalized spacial score (nSPS) is 11.5. The summed E-state index contributed by atoms with van der Waals surface area (Å²) in [4.78, 5) is 14.1. The van der Waals surface area contributed by atoms with Crippen molar-refractivity contribution < 1.29 is 0 Å². The van der Waals surface area contributed by atoms with Crippen molar-refractivity contribution in [2.45, 2.75) is 40.5 Å². The number of nitrogens with zero attached hydrogens (tertiary/aromatic N) is 2. The van der Waals surface area contributed by atoms with Gasteiger partial charge in [0.25, 0.3) is 0 Å². The van der Waals surface area contributed by atoms with Gasteiger partial charge in [0.1, 0.15) is 0 Å². The molecule has 7 heteroatoms. The molecule has 3 N–H and O–H groups in total. The molecule has 0 saturated carbocycles. The van der Waals surface area contributed by atoms with Gasteiger partial charge in [-0.2, -0.15) is 0 Å². The molecule has 0 radical (unpaired) electrons. The Morgan fingerprint density at radius 2 is 1.93 bits per heavy atom. The maximum atomic E-state index is 4.70. The number of aryl methyl sites for hydroxylation is 3. The molecule has 0 bridgehead atoms. The van der Waals surface area contributed by atoms with Gasteiger partial charge in [0.05, 0.1) is 10.7 Å². The van der Waals surface area contributed by atoms with Crippen molar-refractivity contribution in [3.05, 3.63) is 51.1 Å². The Hall–Kier alpha value is -1.61. The molecule has 0 aliphatic rings. The number of aromatic amines is 1. The van der Waals surface area contributed by atoms with E-state index in [1.807, 2.05) is 0 Å². The molecule has 5 nitrogen and oxygen atoms in total. The Kier molecular flexibility index (Phi) is 8.75. The Balaban J connectivity index is 0.00000280. The third kappa shape index (κ3) is 5.70. The van der Waals surface area contributed by atoms with Gasteiger partial charge in [0.15, 0.2) is 5.96 Å². The van der Waals surface area contributed by atoms with E-state index in [1.54, 1.807) is 11.3 Å². The lowest BCUT2D eigenvalue weighted by Crippen LogP contribution is -2.38. The van der Waals surface area contributed by atoms with Crippen molar-refractivity contribution in [3.63, 3.8) is 0 Å². The molecule has 0 spiro atoms. The lowest BCUT2D eigenvalue weighted by Gasteiger charge is -2.11. The first-order valence-corrected chi connectivity index (χ1v) is 10.4. The summed E-state index contributed by atoms with van der Waals surface area (Å²) in [5.74, 6) is 0.875. The summed E-state index contributed by atoms with van der Waals surface area (Å²) in [5, 5.41) is 9.27. The first-order chi connectivity index (χ1) is 13.1. The Bertz CT molecular complexity index is 909. The number of thiazole rings is 1. The quantitative estimate of drug-likeness (QED) is 0.249. The standard InChI is InChI=1S/C21H29N5S.HI/c1-5-22-21(24-13-11-20-26-14(2)16(4)27-20)23-12-10-17-15(3)25-19-9-7-6-8-18(17)19;/h6-9,25H,5,10-13H2,1-4H3,(H2,22,23,24);1H. The Morgan fingerprint density at radius 1 is 1.14 bits per heavy atom. The average molecular weight is 511 g/mol. The summed E-state index contributed by atoms with van der Waals surface area (Å²) in [6.45, 7) is 10.9. The smallest absolute Gasteiger partial charge is 0.191 e. The number of benzene rings is 1. The number of H-pyrrole nitrogens is 1. The first-order valence-electron chi connectivity index (χ1n) is 9.59. The molecule has 2 aromatic heterocycles. The SMILES string of the molecule is CCNC(=NCCc1nc(C)c(C)s1)NCCc1c(C)[nH]c2ccccc12.I. The Labute approximate surface area is 188 Å². The van der Waals surface area contributed by atoms with Crippen LogP contribution in [0.2, 0.25) is 0 Å². The van der Waals surface area contributed by atoms with Crippen molar-refractivity contribution in [2.75, 3.05) is 19.6 Å². The fraction of sp³-hybridized carbons (Fsp3) is 0.429. The van der Waals surface area contributed by atoms with E-state index in [0.29, 0.717) is 0 Å². The van der Waals surface area contributed by atoms with Crippen LogP contribution in [-0.2, 0) is 12.8 Å². The van der Waals surface area contributed by atoms with Crippen LogP contribution in [0.1, 0.15) is 33.8 Å². The molecule has 0 amide bonds. The van der Waals surface area contributed by atoms with Crippen molar-refractivity contribution in [2.24, 2.45) is 4.99 Å². The van der Waals surface area contributed by atoms with Gasteiger partial charge in [-0.25, -0.2) is 4.98 Å². The molecule has 0 saturated heterocycles. The summed E-state index contributed by atoms with van der Waals surface area (Å²) >= 11 is 1.77. The van der Waals surface area contributed by atoms with E-state index in [1.165, 1.54) is 32.0 Å². The minimum atomic E-state index is 0. The zero-order valence-electron chi connectivity index (χ0n) is 17.1. The largest absolute Gasteiger partial charge is 0.358 e. The number of hydrogen-bond acceptors (Lipinski definition) is 3. The second-order valence-corrected chi connectivity index (χ2v) is 8.00. The van der Waals surface area contributed by atoms with E-state index in [0.717, 1.165) is 44.1 Å². The number of aliphatic imine (C=N–C) groups is 1. The van der Waals surface area contributed by atoms with Crippen LogP contribution in [0.3, 0.4) is 0 Å². The minimum Gasteiger partial charge on any atom is -0.358 e. The number of nitrogens with one attached hydrogen (secondary N) is 3. The number of halogens is 1. The maximum Gasteiger partial charge on any atom is 0.191 e. The highest BCUT2D eigenvalue weighted by atomic mass is 127. The molecule has 1 aromatic carbocycles. The Morgan fingerprint density at radius 3 is 2.64 bits per heavy atom. The van der Waals surface area contributed by atoms with Crippen molar-refractivity contribution in [3.8, 4) is 0 Å². The number of aromatic nitrogens is 2. The second kappa shape index (κ2) is 10.8. The highest BCUT2D eigenvalue weighted by Crippen LogP contribution is 2.22. The molecule has 0 fully saturated rings. The van der Waals surface area contributed by atoms with Gasteiger partial charge in [-0.3, -0.25) is 4.99 Å². The van der Waals surface area contributed by atoms with E-state index in [-0.39, 0.29) is 24.0 Å². The monoisotopic (exact) mass is 511 g/mol. The van der Waals surface area contributed by atoms with Gasteiger partial charge >= 0.3 is 0 Å².